The molecule has 1 aromatic heterocycles. The standard InChI is InChI=1S/C15H18O2/c1-10-2-7-14-12(8-10)9-15(17-14)13(16)6-5-11-3-4-11/h2,7-9,11,13,16H,3-6H2,1H3. The quantitative estimate of drug-likeness (QED) is 0.862. The molecule has 0 amide bonds. The third-order valence-electron chi connectivity index (χ3n) is 3.56. The Bertz CT molecular complexity index is 523. The predicted octanol–water partition coefficient (Wildman–Crippen LogP) is 3.96. The summed E-state index contributed by atoms with van der Waals surface area (Å²) in [6.07, 6.45) is 4.18. The SMILES string of the molecule is Cc1ccc2oc(C(O)CCC3CC3)cc2c1. The molecular formula is C15H18O2. The van der Waals surface area contributed by atoms with Crippen molar-refractivity contribution in [1.82, 2.24) is 0 Å². The van der Waals surface area contributed by atoms with Crippen molar-refractivity contribution in [3.63, 3.8) is 0 Å². The largest absolute Gasteiger partial charge is 0.458 e. The number of fused-ring (bicyclic) bond motifs is 1. The first-order valence-electron chi connectivity index (χ1n) is 6.40. The predicted molar refractivity (Wildman–Crippen MR) is 67.9 cm³/mol. The second kappa shape index (κ2) is 4.19. The van der Waals surface area contributed by atoms with Gasteiger partial charge in [-0.15, -0.1) is 0 Å². The average Bonchev–Trinajstić information content (AvgIpc) is 3.04. The van der Waals surface area contributed by atoms with E-state index >= 15 is 0 Å². The van der Waals surface area contributed by atoms with Gasteiger partial charge in [-0.3, -0.25) is 0 Å². The van der Waals surface area contributed by atoms with Crippen molar-refractivity contribution in [2.24, 2.45) is 5.92 Å². The second-order valence-electron chi connectivity index (χ2n) is 5.23. The number of hydrogen-bond acceptors (Lipinski definition) is 2. The van der Waals surface area contributed by atoms with Crippen LogP contribution < -0.4 is 0 Å². The van der Waals surface area contributed by atoms with Crippen molar-refractivity contribution >= 4 is 11.0 Å². The zero-order valence-corrected chi connectivity index (χ0v) is 10.1. The van der Waals surface area contributed by atoms with Crippen molar-refractivity contribution in [2.75, 3.05) is 0 Å². The molecule has 0 radical (unpaired) electrons. The van der Waals surface area contributed by atoms with Crippen LogP contribution in [0.15, 0.2) is 28.7 Å². The van der Waals surface area contributed by atoms with Gasteiger partial charge in [-0.25, -0.2) is 0 Å². The molecule has 3 rings (SSSR count). The molecule has 1 aliphatic rings. The highest BCUT2D eigenvalue weighted by Crippen LogP contribution is 2.36. The lowest BCUT2D eigenvalue weighted by Gasteiger charge is -2.05. The van der Waals surface area contributed by atoms with Gasteiger partial charge in [-0.1, -0.05) is 24.5 Å². The minimum Gasteiger partial charge on any atom is -0.458 e. The zero-order valence-electron chi connectivity index (χ0n) is 10.1. The summed E-state index contributed by atoms with van der Waals surface area (Å²) in [4.78, 5) is 0. The van der Waals surface area contributed by atoms with E-state index in [0.29, 0.717) is 5.76 Å². The van der Waals surface area contributed by atoms with Crippen molar-refractivity contribution in [2.45, 2.75) is 38.7 Å². The Labute approximate surface area is 101 Å². The lowest BCUT2D eigenvalue weighted by molar-refractivity contribution is 0.138. The van der Waals surface area contributed by atoms with Gasteiger partial charge in [0.25, 0.3) is 0 Å². The van der Waals surface area contributed by atoms with Gasteiger partial charge >= 0.3 is 0 Å². The van der Waals surface area contributed by atoms with Crippen LogP contribution in [0.2, 0.25) is 0 Å². The van der Waals surface area contributed by atoms with Gasteiger partial charge in [-0.2, -0.15) is 0 Å². The summed E-state index contributed by atoms with van der Waals surface area (Å²) in [5.74, 6) is 1.57. The van der Waals surface area contributed by atoms with Gasteiger partial charge in [-0.05, 0) is 43.9 Å². The molecular weight excluding hydrogens is 212 g/mol. The third-order valence-corrected chi connectivity index (χ3v) is 3.56. The van der Waals surface area contributed by atoms with Crippen molar-refractivity contribution in [3.05, 3.63) is 35.6 Å². The number of benzene rings is 1. The molecule has 1 fully saturated rings. The van der Waals surface area contributed by atoms with Gasteiger partial charge in [0.15, 0.2) is 0 Å². The van der Waals surface area contributed by atoms with Crippen LogP contribution in [0.5, 0.6) is 0 Å². The molecule has 1 heterocycles. The maximum atomic E-state index is 10.1. The minimum absolute atomic E-state index is 0.441. The number of aryl methyl sites for hydroxylation is 1. The highest BCUT2D eigenvalue weighted by molar-refractivity contribution is 5.78. The third kappa shape index (κ3) is 2.37. The Morgan fingerprint density at radius 1 is 1.35 bits per heavy atom. The first-order chi connectivity index (χ1) is 8.22. The molecule has 0 aliphatic heterocycles. The van der Waals surface area contributed by atoms with Gasteiger partial charge < -0.3 is 9.52 Å². The first-order valence-corrected chi connectivity index (χ1v) is 6.40. The van der Waals surface area contributed by atoms with E-state index in [4.69, 9.17) is 4.42 Å². The Kier molecular flexibility index (Phi) is 2.67. The molecule has 1 aromatic carbocycles. The van der Waals surface area contributed by atoms with Gasteiger partial charge in [0.1, 0.15) is 17.4 Å². The minimum atomic E-state index is -0.441. The van der Waals surface area contributed by atoms with E-state index in [0.717, 1.165) is 29.7 Å². The van der Waals surface area contributed by atoms with Crippen LogP contribution in [-0.2, 0) is 0 Å². The fourth-order valence-corrected chi connectivity index (χ4v) is 2.29. The molecule has 2 nitrogen and oxygen atoms in total. The monoisotopic (exact) mass is 230 g/mol. The summed E-state index contributed by atoms with van der Waals surface area (Å²) < 4.78 is 5.69. The Hall–Kier alpha value is -1.28. The fraction of sp³-hybridized carbons (Fsp3) is 0.467. The zero-order chi connectivity index (χ0) is 11.8. The summed E-state index contributed by atoms with van der Waals surface area (Å²) >= 11 is 0. The Morgan fingerprint density at radius 2 is 2.18 bits per heavy atom. The maximum Gasteiger partial charge on any atom is 0.134 e. The lowest BCUT2D eigenvalue weighted by atomic mass is 10.1. The smallest absolute Gasteiger partial charge is 0.134 e. The number of hydrogen-bond donors (Lipinski definition) is 1. The number of furan rings is 1. The fourth-order valence-electron chi connectivity index (χ4n) is 2.29. The van der Waals surface area contributed by atoms with E-state index in [2.05, 4.69) is 13.0 Å². The molecule has 1 aliphatic carbocycles. The van der Waals surface area contributed by atoms with E-state index < -0.39 is 6.10 Å². The summed E-state index contributed by atoms with van der Waals surface area (Å²) in [5, 5.41) is 11.2. The molecule has 0 bridgehead atoms. The van der Waals surface area contributed by atoms with Crippen LogP contribution in [0.1, 0.15) is 43.1 Å². The number of aliphatic hydroxyl groups is 1. The molecule has 0 saturated heterocycles. The summed E-state index contributed by atoms with van der Waals surface area (Å²) in [6, 6.07) is 8.07. The van der Waals surface area contributed by atoms with Crippen LogP contribution in [0.4, 0.5) is 0 Å². The number of rotatable bonds is 4. The van der Waals surface area contributed by atoms with Crippen molar-refractivity contribution < 1.29 is 9.52 Å². The van der Waals surface area contributed by atoms with Crippen LogP contribution in [0, 0.1) is 12.8 Å². The van der Waals surface area contributed by atoms with E-state index in [1.54, 1.807) is 0 Å². The van der Waals surface area contributed by atoms with E-state index in [1.807, 2.05) is 18.2 Å². The lowest BCUT2D eigenvalue weighted by Crippen LogP contribution is -1.95. The maximum absolute atomic E-state index is 10.1. The highest BCUT2D eigenvalue weighted by atomic mass is 16.4. The Balaban J connectivity index is 1.78. The molecule has 0 spiro atoms. The van der Waals surface area contributed by atoms with Crippen LogP contribution in [0.25, 0.3) is 11.0 Å². The molecule has 90 valence electrons. The highest BCUT2D eigenvalue weighted by Gasteiger charge is 2.23. The first kappa shape index (κ1) is 10.8. The van der Waals surface area contributed by atoms with Gasteiger partial charge in [0.05, 0.1) is 0 Å². The topological polar surface area (TPSA) is 33.4 Å². The summed E-state index contributed by atoms with van der Waals surface area (Å²) in [7, 11) is 0. The molecule has 1 N–H and O–H groups in total. The normalized spacial score (nSPS) is 17.5. The molecule has 1 saturated carbocycles. The summed E-state index contributed by atoms with van der Waals surface area (Å²) in [6.45, 7) is 2.07. The molecule has 1 atom stereocenters. The van der Waals surface area contributed by atoms with Crippen molar-refractivity contribution in [3.8, 4) is 0 Å². The van der Waals surface area contributed by atoms with Gasteiger partial charge in [0, 0.05) is 5.39 Å². The molecule has 1 unspecified atom stereocenters. The van der Waals surface area contributed by atoms with Crippen LogP contribution in [-0.4, -0.2) is 5.11 Å². The molecule has 2 heteroatoms. The average molecular weight is 230 g/mol. The van der Waals surface area contributed by atoms with E-state index in [-0.39, 0.29) is 0 Å². The van der Waals surface area contributed by atoms with E-state index in [9.17, 15) is 5.11 Å². The molecule has 2 aromatic rings. The molecule has 17 heavy (non-hydrogen) atoms. The summed E-state index contributed by atoms with van der Waals surface area (Å²) in [5.41, 5.74) is 2.09. The van der Waals surface area contributed by atoms with Gasteiger partial charge in [0.2, 0.25) is 0 Å². The second-order valence-corrected chi connectivity index (χ2v) is 5.23. The van der Waals surface area contributed by atoms with Crippen LogP contribution >= 0.6 is 0 Å². The van der Waals surface area contributed by atoms with Crippen LogP contribution in [0.3, 0.4) is 0 Å². The number of aliphatic hydroxyl groups excluding tert-OH is 1. The van der Waals surface area contributed by atoms with E-state index in [1.165, 1.54) is 18.4 Å². The van der Waals surface area contributed by atoms with Crippen molar-refractivity contribution in [1.29, 1.82) is 0 Å². The Morgan fingerprint density at radius 3 is 2.94 bits per heavy atom.